The first kappa shape index (κ1) is 23.1. The minimum atomic E-state index is 0.452. The molecule has 7 nitrogen and oxygen atoms in total. The van der Waals surface area contributed by atoms with Gasteiger partial charge in [0, 0.05) is 30.5 Å². The summed E-state index contributed by atoms with van der Waals surface area (Å²) in [7, 11) is 1.89. The van der Waals surface area contributed by atoms with Crippen LogP contribution in [0.1, 0.15) is 57.8 Å². The van der Waals surface area contributed by atoms with Crippen LogP contribution < -0.4 is 16.4 Å². The van der Waals surface area contributed by atoms with Crippen molar-refractivity contribution in [2.45, 2.75) is 63.8 Å². The molecule has 0 radical (unpaired) electrons. The summed E-state index contributed by atoms with van der Waals surface area (Å²) in [6.07, 6.45) is 14.2. The molecule has 3 aromatic heterocycles. The van der Waals surface area contributed by atoms with Crippen molar-refractivity contribution in [3.8, 4) is 22.5 Å². The summed E-state index contributed by atoms with van der Waals surface area (Å²) in [4.78, 5) is 9.33. The lowest BCUT2D eigenvalue weighted by atomic mass is 10.0. The molecule has 0 amide bonds. The van der Waals surface area contributed by atoms with Gasteiger partial charge in [0.25, 0.3) is 0 Å². The molecule has 1 aromatic carbocycles. The maximum Gasteiger partial charge on any atom is 0.223 e. The maximum absolute atomic E-state index is 6.07. The molecule has 0 atom stereocenters. The number of rotatable bonds is 5. The Labute approximate surface area is 207 Å². The van der Waals surface area contributed by atoms with Gasteiger partial charge in [-0.3, -0.25) is 0 Å². The van der Waals surface area contributed by atoms with Gasteiger partial charge in [-0.15, -0.1) is 0 Å². The molecule has 6 rings (SSSR count). The van der Waals surface area contributed by atoms with Crippen molar-refractivity contribution < 1.29 is 0 Å². The Morgan fingerprint density at radius 2 is 1.66 bits per heavy atom. The number of nitrogens with two attached hydrogens (primary N) is 1. The highest BCUT2D eigenvalue weighted by molar-refractivity contribution is 5.92. The number of fused-ring (bicyclic) bond motifs is 1. The predicted octanol–water partition coefficient (Wildman–Crippen LogP) is 6.39. The highest BCUT2D eigenvalue weighted by Gasteiger charge is 2.21. The third-order valence-corrected chi connectivity index (χ3v) is 6.92. The fraction of sp³-hybridized carbons (Fsp3) is 0.393. The van der Waals surface area contributed by atoms with Gasteiger partial charge in [-0.2, -0.15) is 5.10 Å². The highest BCUT2D eigenvalue weighted by Crippen LogP contribution is 2.36. The fourth-order valence-electron chi connectivity index (χ4n) is 5.10. The van der Waals surface area contributed by atoms with Gasteiger partial charge in [0.05, 0.1) is 16.8 Å². The number of benzene rings is 1. The zero-order valence-electron chi connectivity index (χ0n) is 20.5. The summed E-state index contributed by atoms with van der Waals surface area (Å²) in [5.41, 5.74) is 11.4. The summed E-state index contributed by atoms with van der Waals surface area (Å²) in [6, 6.07) is 16.3. The van der Waals surface area contributed by atoms with Crippen molar-refractivity contribution in [3.63, 3.8) is 0 Å². The number of hydrogen-bond donors (Lipinski definition) is 3. The van der Waals surface area contributed by atoms with Crippen molar-refractivity contribution in [1.82, 2.24) is 19.6 Å². The van der Waals surface area contributed by atoms with E-state index in [1.165, 1.54) is 57.8 Å². The van der Waals surface area contributed by atoms with Gasteiger partial charge in [0.15, 0.2) is 0 Å². The second kappa shape index (κ2) is 10.8. The monoisotopic (exact) mass is 469 g/mol. The molecule has 0 saturated heterocycles. The van der Waals surface area contributed by atoms with Crippen LogP contribution in [0.2, 0.25) is 0 Å². The fourth-order valence-corrected chi connectivity index (χ4v) is 5.10. The smallest absolute Gasteiger partial charge is 0.223 e. The first-order valence-electron chi connectivity index (χ1n) is 12.9. The van der Waals surface area contributed by atoms with E-state index in [1.807, 2.05) is 60.2 Å². The molecule has 0 bridgehead atoms. The van der Waals surface area contributed by atoms with E-state index >= 15 is 0 Å². The number of pyridine rings is 1. The summed E-state index contributed by atoms with van der Waals surface area (Å²) in [5.74, 6) is 1.57. The van der Waals surface area contributed by atoms with E-state index in [0.717, 1.165) is 33.8 Å². The molecular formula is C28H35N7. The van der Waals surface area contributed by atoms with Crippen LogP contribution in [-0.4, -0.2) is 32.7 Å². The van der Waals surface area contributed by atoms with Crippen LogP contribution in [0, 0.1) is 0 Å². The lowest BCUT2D eigenvalue weighted by molar-refractivity contribution is 0.744. The molecular weight excluding hydrogens is 434 g/mol. The summed E-state index contributed by atoms with van der Waals surface area (Å²) < 4.78 is 1.92. The molecule has 182 valence electrons. The second-order valence-corrected chi connectivity index (χ2v) is 9.47. The van der Waals surface area contributed by atoms with Crippen LogP contribution in [0.5, 0.6) is 0 Å². The summed E-state index contributed by atoms with van der Waals surface area (Å²) >= 11 is 0. The van der Waals surface area contributed by atoms with Crippen molar-refractivity contribution in [1.29, 1.82) is 0 Å². The molecule has 4 aromatic rings. The van der Waals surface area contributed by atoms with E-state index < -0.39 is 0 Å². The van der Waals surface area contributed by atoms with E-state index in [2.05, 4.69) is 21.7 Å². The highest BCUT2D eigenvalue weighted by atomic mass is 15.3. The Morgan fingerprint density at radius 3 is 2.37 bits per heavy atom. The zero-order chi connectivity index (χ0) is 24.0. The zero-order valence-corrected chi connectivity index (χ0v) is 20.5. The third-order valence-electron chi connectivity index (χ3n) is 6.92. The number of hydrogen-bond acceptors (Lipinski definition) is 6. The average molecular weight is 470 g/mol. The maximum atomic E-state index is 6.07. The number of nitrogen functional groups attached to an aromatic ring is 1. The Bertz CT molecular complexity index is 1260. The summed E-state index contributed by atoms with van der Waals surface area (Å²) in [5, 5.41) is 11.6. The molecule has 7 heteroatoms. The number of nitrogens with one attached hydrogen (secondary N) is 2. The number of nitrogens with zero attached hydrogens (tertiary/aromatic N) is 4. The van der Waals surface area contributed by atoms with Crippen LogP contribution in [0.25, 0.3) is 28.0 Å². The largest absolute Gasteiger partial charge is 0.399 e. The van der Waals surface area contributed by atoms with Crippen LogP contribution >= 0.6 is 0 Å². The molecule has 4 N–H and O–H groups in total. The topological polar surface area (TPSA) is 93.2 Å². The van der Waals surface area contributed by atoms with Gasteiger partial charge < -0.3 is 16.4 Å². The lowest BCUT2D eigenvalue weighted by Crippen LogP contribution is -2.16. The number of aromatic nitrogens is 4. The van der Waals surface area contributed by atoms with Gasteiger partial charge in [-0.25, -0.2) is 14.5 Å². The molecule has 3 heterocycles. The molecule has 0 spiro atoms. The average Bonchev–Trinajstić information content (AvgIpc) is 3.67. The van der Waals surface area contributed by atoms with Crippen LogP contribution in [0.4, 0.5) is 17.5 Å². The minimum Gasteiger partial charge on any atom is -0.399 e. The van der Waals surface area contributed by atoms with Gasteiger partial charge in [-0.1, -0.05) is 63.1 Å². The third kappa shape index (κ3) is 5.24. The van der Waals surface area contributed by atoms with Crippen LogP contribution in [-0.2, 0) is 0 Å². The van der Waals surface area contributed by atoms with Crippen molar-refractivity contribution >= 4 is 23.0 Å². The molecule has 2 fully saturated rings. The van der Waals surface area contributed by atoms with Gasteiger partial charge in [0.2, 0.25) is 5.95 Å². The molecule has 35 heavy (non-hydrogen) atoms. The van der Waals surface area contributed by atoms with E-state index in [1.54, 1.807) is 0 Å². The first-order valence-corrected chi connectivity index (χ1v) is 12.9. The Balaban J connectivity index is 0.000000453. The predicted molar refractivity (Wildman–Crippen MR) is 145 cm³/mol. The first-order chi connectivity index (χ1) is 17.2. The normalized spacial score (nSPS) is 15.7. The van der Waals surface area contributed by atoms with Crippen LogP contribution in [0.15, 0.2) is 54.7 Å². The molecule has 0 unspecified atom stereocenters. The standard InChI is InChI=1S/C23H25N7.C5H10/c1-25-20-11-5-10-19-21(22(29-30(19)20)15-6-4-7-16(24)14-15)18-12-13-26-23(28-18)27-17-8-2-3-9-17;1-2-4-5-3-1/h4-7,10-14,17,25H,2-3,8-9,24H2,1H3,(H,26,27,28);1-5H2. The van der Waals surface area contributed by atoms with Gasteiger partial charge in [-0.05, 0) is 43.2 Å². The van der Waals surface area contributed by atoms with Gasteiger partial charge >= 0.3 is 0 Å². The van der Waals surface area contributed by atoms with E-state index in [9.17, 15) is 0 Å². The van der Waals surface area contributed by atoms with Crippen molar-refractivity contribution in [2.24, 2.45) is 0 Å². The molecule has 2 aliphatic rings. The molecule has 0 aliphatic heterocycles. The quantitative estimate of drug-likeness (QED) is 0.293. The Kier molecular flexibility index (Phi) is 7.12. The van der Waals surface area contributed by atoms with Gasteiger partial charge in [0.1, 0.15) is 11.5 Å². The van der Waals surface area contributed by atoms with Crippen molar-refractivity contribution in [3.05, 3.63) is 54.7 Å². The van der Waals surface area contributed by atoms with Crippen molar-refractivity contribution in [2.75, 3.05) is 23.4 Å². The van der Waals surface area contributed by atoms with E-state index in [0.29, 0.717) is 17.7 Å². The molecule has 2 saturated carbocycles. The molecule has 2 aliphatic carbocycles. The van der Waals surface area contributed by atoms with Crippen LogP contribution in [0.3, 0.4) is 0 Å². The Morgan fingerprint density at radius 1 is 0.914 bits per heavy atom. The SMILES string of the molecule is C1CCCC1.CNc1cccc2c(-c3ccnc(NC4CCCC4)n3)c(-c3cccc(N)c3)nn12. The van der Waals surface area contributed by atoms with E-state index in [4.69, 9.17) is 15.8 Å². The number of anilines is 3. The lowest BCUT2D eigenvalue weighted by Gasteiger charge is -2.12. The Hall–Kier alpha value is -3.61. The second-order valence-electron chi connectivity index (χ2n) is 9.47. The van der Waals surface area contributed by atoms with E-state index in [-0.39, 0.29) is 0 Å². The summed E-state index contributed by atoms with van der Waals surface area (Å²) in [6.45, 7) is 0. The minimum absolute atomic E-state index is 0.452.